The number of aromatic amines is 2. The number of nitrogens with zero attached hydrogens (tertiary/aromatic N) is 6. The van der Waals surface area contributed by atoms with E-state index in [9.17, 15) is 0 Å². The Hall–Kier alpha value is -8.43. The lowest BCUT2D eigenvalue weighted by molar-refractivity contribution is -0.136. The summed E-state index contributed by atoms with van der Waals surface area (Å²) in [6.45, 7) is 0. The lowest BCUT2D eigenvalue weighted by Crippen LogP contribution is -2.41. The molecule has 65 heavy (non-hydrogen) atoms. The van der Waals surface area contributed by atoms with E-state index >= 15 is 4.79 Å². The molecule has 0 amide bonds. The van der Waals surface area contributed by atoms with Gasteiger partial charge in [-0.05, 0) is 35.4 Å². The smallest absolute Gasteiger partial charge is 0.322 e. The molecule has 2 aliphatic rings. The second-order valence-corrected chi connectivity index (χ2v) is 17.1. The van der Waals surface area contributed by atoms with Crippen LogP contribution in [-0.2, 0) is 9.83 Å². The van der Waals surface area contributed by atoms with Crippen LogP contribution in [0.2, 0.25) is 0 Å². The van der Waals surface area contributed by atoms with Gasteiger partial charge < -0.3 is 33.7 Å². The summed E-state index contributed by atoms with van der Waals surface area (Å²) in [5, 5.41) is 1.70. The van der Waals surface area contributed by atoms with Crippen LogP contribution in [0.15, 0.2) is 127 Å². The minimum absolute atomic E-state index is 0.212. The number of carbonyl (C=O) groups excluding carboxylic acids is 1. The third kappa shape index (κ3) is 6.34. The highest BCUT2D eigenvalue weighted by Crippen LogP contribution is 2.43. The molecular weight excluding hydrogens is 837 g/mol. The van der Waals surface area contributed by atoms with E-state index in [1.807, 2.05) is 103 Å². The van der Waals surface area contributed by atoms with Gasteiger partial charge in [0.25, 0.3) is 0 Å². The Morgan fingerprint density at radius 1 is 0.477 bits per heavy atom. The molecule has 11 rings (SSSR count). The number of methoxy groups -OCH3 is 4. The van der Waals surface area contributed by atoms with Crippen LogP contribution in [-0.4, -0.2) is 84.5 Å². The molecule has 0 aliphatic carbocycles. The Kier molecular flexibility index (Phi) is 9.35. The zero-order valence-corrected chi connectivity index (χ0v) is 37.8. The highest BCUT2D eigenvalue weighted by Gasteiger charge is 2.42. The van der Waals surface area contributed by atoms with E-state index in [0.717, 1.165) is 33.0 Å². The van der Waals surface area contributed by atoms with Gasteiger partial charge in [-0.25, -0.2) is 29.9 Å². The van der Waals surface area contributed by atoms with Gasteiger partial charge in [-0.15, -0.1) is 0 Å². The van der Waals surface area contributed by atoms with Crippen molar-refractivity contribution in [1.29, 1.82) is 0 Å². The maximum absolute atomic E-state index is 15.3. The molecule has 14 nitrogen and oxygen atoms in total. The summed E-state index contributed by atoms with van der Waals surface area (Å²) >= 11 is 0. The summed E-state index contributed by atoms with van der Waals surface area (Å²) in [6, 6.07) is 40.0. The molecular formula is C50H38N8O6Si. The maximum atomic E-state index is 15.3. The van der Waals surface area contributed by atoms with E-state index in [1.54, 1.807) is 45.6 Å². The molecule has 0 fully saturated rings. The average molecular weight is 875 g/mol. The zero-order chi connectivity index (χ0) is 44.4. The van der Waals surface area contributed by atoms with E-state index in [4.69, 9.17) is 53.6 Å². The van der Waals surface area contributed by atoms with Crippen molar-refractivity contribution >= 4 is 60.3 Å². The lowest BCUT2D eigenvalue weighted by Gasteiger charge is -2.30. The topological polar surface area (TPSA) is 172 Å². The second-order valence-electron chi connectivity index (χ2n) is 15.6. The van der Waals surface area contributed by atoms with Crippen LogP contribution in [0.4, 0.5) is 0 Å². The van der Waals surface area contributed by atoms with Gasteiger partial charge in [-0.3, -0.25) is 4.79 Å². The Morgan fingerprint density at radius 2 is 0.923 bits per heavy atom. The fraction of sp³-hybridized carbons (Fsp3) is 0.100. The van der Waals surface area contributed by atoms with Gasteiger partial charge in [0.1, 0.15) is 33.4 Å². The zero-order valence-electron chi connectivity index (χ0n) is 35.8. The van der Waals surface area contributed by atoms with Crippen molar-refractivity contribution in [2.75, 3.05) is 28.4 Å². The molecule has 2 aliphatic heterocycles. The van der Waals surface area contributed by atoms with Crippen molar-refractivity contribution in [3.63, 3.8) is 0 Å². The molecule has 5 heterocycles. The summed E-state index contributed by atoms with van der Waals surface area (Å²) in [7, 11) is 6.42. The van der Waals surface area contributed by atoms with Gasteiger partial charge in [0.15, 0.2) is 46.3 Å². The second kappa shape index (κ2) is 15.4. The van der Waals surface area contributed by atoms with Crippen LogP contribution in [0.1, 0.15) is 11.1 Å². The van der Waals surface area contributed by atoms with Crippen molar-refractivity contribution in [2.45, 2.75) is 5.04 Å². The molecule has 9 aromatic rings. The van der Waals surface area contributed by atoms with Crippen LogP contribution in [0.5, 0.6) is 28.7 Å². The summed E-state index contributed by atoms with van der Waals surface area (Å²) in [5.41, 5.74) is 6.57. The minimum atomic E-state index is -1.39. The van der Waals surface area contributed by atoms with Gasteiger partial charge in [0.2, 0.25) is 0 Å². The number of nitrogens with one attached hydrogen (secondary N) is 2. The van der Waals surface area contributed by atoms with Gasteiger partial charge in [-0.2, -0.15) is 0 Å². The average Bonchev–Trinajstić information content (AvgIpc) is 4.09. The van der Waals surface area contributed by atoms with Crippen LogP contribution < -0.4 is 23.7 Å². The van der Waals surface area contributed by atoms with Gasteiger partial charge in [-0.1, -0.05) is 97.1 Å². The molecule has 2 N–H and O–H groups in total. The standard InChI is InChI=1S/C50H38N8O6Si/c1-60-36-22-20-26(24-38(36)62-3)50(65,49(59)64-27-21-23-37(61-2)39(25-27)63-4)35-19-11-18-34-40(35)48-57-46-33-17-10-9-16-32(33)44(55-46)53-42-29-13-6-5-12-28(29)41(51-42)52-43-30-14-7-8-15-31(30)45(54-43)56-47(34)58-48/h5-25H,1-4,65H3,(H2,51,52,53,54,55,56,57,58). The highest BCUT2D eigenvalue weighted by atomic mass is 28.1. The molecule has 15 heteroatoms. The predicted octanol–water partition coefficient (Wildman–Crippen LogP) is 8.12. The van der Waals surface area contributed by atoms with E-state index in [0.29, 0.717) is 90.8 Å². The monoisotopic (exact) mass is 874 g/mol. The first-order valence-corrected chi connectivity index (χ1v) is 21.7. The fourth-order valence-corrected chi connectivity index (χ4v) is 9.56. The first-order valence-electron chi connectivity index (χ1n) is 20.7. The van der Waals surface area contributed by atoms with Gasteiger partial charge in [0, 0.05) is 60.1 Å². The van der Waals surface area contributed by atoms with E-state index in [-0.39, 0.29) is 16.0 Å². The summed E-state index contributed by atoms with van der Waals surface area (Å²) in [4.78, 5) is 53.3. The Labute approximate surface area is 373 Å². The third-order valence-electron chi connectivity index (χ3n) is 12.1. The number of ether oxygens (including phenoxy) is 5. The first kappa shape index (κ1) is 39.4. The molecule has 0 radical (unpaired) electrons. The Morgan fingerprint density at radius 3 is 1.46 bits per heavy atom. The lowest BCUT2D eigenvalue weighted by atomic mass is 9.87. The van der Waals surface area contributed by atoms with Gasteiger partial charge >= 0.3 is 5.97 Å². The number of hydrogen-bond acceptors (Lipinski definition) is 12. The van der Waals surface area contributed by atoms with Crippen molar-refractivity contribution in [2.24, 2.45) is 0 Å². The van der Waals surface area contributed by atoms with E-state index in [2.05, 4.69) is 9.97 Å². The van der Waals surface area contributed by atoms with Crippen molar-refractivity contribution < 1.29 is 28.5 Å². The third-order valence-corrected chi connectivity index (χ3v) is 13.6. The fourth-order valence-electron chi connectivity index (χ4n) is 8.73. The maximum Gasteiger partial charge on any atom is 0.322 e. The Balaban J connectivity index is 1.25. The normalized spacial score (nSPS) is 12.6. The molecule has 3 aromatic heterocycles. The molecule has 0 saturated heterocycles. The van der Waals surface area contributed by atoms with Crippen LogP contribution >= 0.6 is 0 Å². The summed E-state index contributed by atoms with van der Waals surface area (Å²) < 4.78 is 28.8. The van der Waals surface area contributed by atoms with Crippen molar-refractivity contribution in [1.82, 2.24) is 39.9 Å². The molecule has 8 bridgehead atoms. The van der Waals surface area contributed by atoms with Crippen LogP contribution in [0.3, 0.4) is 0 Å². The molecule has 318 valence electrons. The summed E-state index contributed by atoms with van der Waals surface area (Å²) in [5.74, 6) is 3.45. The molecule has 0 spiro atoms. The van der Waals surface area contributed by atoms with Crippen molar-refractivity contribution in [3.05, 3.63) is 139 Å². The van der Waals surface area contributed by atoms with E-state index in [1.165, 1.54) is 7.11 Å². The predicted molar refractivity (Wildman–Crippen MR) is 251 cm³/mol. The van der Waals surface area contributed by atoms with Crippen molar-refractivity contribution in [3.8, 4) is 74.3 Å². The SMILES string of the molecule is COc1ccc(OC(=O)C([SiH3])(c2ccc(OC)c(OC)c2)c2cccc3c4nc5nc(nc6[nH]c(nc7nc(nc([nH]4)c23)-c2ccccc2-7)c2ccccc62)-c2ccccc2-5)cc1OC. The van der Waals surface area contributed by atoms with Crippen LogP contribution in [0.25, 0.3) is 89.7 Å². The minimum Gasteiger partial charge on any atom is -0.493 e. The number of hydrogen-bond donors (Lipinski definition) is 2. The number of esters is 1. The quantitative estimate of drug-likeness (QED) is 0.0855. The van der Waals surface area contributed by atoms with E-state index < -0.39 is 11.0 Å². The van der Waals surface area contributed by atoms with Gasteiger partial charge in [0.05, 0.1) is 28.4 Å². The number of fused-ring (bicyclic) bond motifs is 20. The molecule has 1 atom stereocenters. The number of rotatable bonds is 8. The summed E-state index contributed by atoms with van der Waals surface area (Å²) in [6.07, 6.45) is 0. The molecule has 6 aromatic carbocycles. The Bertz CT molecular complexity index is 3600. The first-order chi connectivity index (χ1) is 31.8. The number of H-pyrrole nitrogens is 2. The molecule has 1 unspecified atom stereocenters. The largest absolute Gasteiger partial charge is 0.493 e. The number of carbonyl (C=O) groups is 1. The number of aromatic nitrogens is 8. The van der Waals surface area contributed by atoms with Crippen LogP contribution in [0, 0.1) is 0 Å². The highest BCUT2D eigenvalue weighted by molar-refractivity contribution is 6.32. The number of benzene rings is 6. The molecule has 0 saturated carbocycles.